The third kappa shape index (κ3) is 2.09. The van der Waals surface area contributed by atoms with Gasteiger partial charge < -0.3 is 14.4 Å². The Kier molecular flexibility index (Phi) is 3.09. The molecule has 0 unspecified atom stereocenters. The van der Waals surface area contributed by atoms with Crippen LogP contribution >= 0.6 is 0 Å². The van der Waals surface area contributed by atoms with Crippen LogP contribution in [0.4, 0.5) is 0 Å². The molecule has 0 fully saturated rings. The quantitative estimate of drug-likeness (QED) is 0.790. The van der Waals surface area contributed by atoms with Gasteiger partial charge in [-0.25, -0.2) is 0 Å². The summed E-state index contributed by atoms with van der Waals surface area (Å²) < 4.78 is 10.3. The maximum atomic E-state index is 10.1. The van der Waals surface area contributed by atoms with E-state index in [2.05, 4.69) is 10.1 Å². The number of methoxy groups -OCH3 is 1. The molecule has 0 aliphatic heterocycles. The number of pyridine rings is 1. The third-order valence-corrected chi connectivity index (χ3v) is 2.92. The molecule has 20 heavy (non-hydrogen) atoms. The minimum absolute atomic E-state index is 0.0378. The first kappa shape index (κ1) is 12.2. The predicted molar refractivity (Wildman–Crippen MR) is 73.4 cm³/mol. The van der Waals surface area contributed by atoms with Crippen molar-refractivity contribution in [2.75, 3.05) is 7.11 Å². The largest absolute Gasteiger partial charge is 0.504 e. The Hall–Kier alpha value is -2.82. The second-order valence-electron chi connectivity index (χ2n) is 4.15. The molecule has 0 aliphatic carbocycles. The molecule has 0 spiro atoms. The van der Waals surface area contributed by atoms with Crippen molar-refractivity contribution >= 4 is 0 Å². The molecule has 0 radical (unpaired) electrons. The second-order valence-corrected chi connectivity index (χ2v) is 4.15. The molecule has 5 heteroatoms. The first-order chi connectivity index (χ1) is 9.79. The second kappa shape index (κ2) is 5.05. The number of aromatic nitrogens is 2. The fraction of sp³-hybridized carbons (Fsp3) is 0.0667. The Morgan fingerprint density at radius 2 is 2.00 bits per heavy atom. The number of para-hydroxylation sites is 1. The van der Waals surface area contributed by atoms with Crippen molar-refractivity contribution in [1.82, 2.24) is 10.1 Å². The van der Waals surface area contributed by atoms with Gasteiger partial charge in [0.25, 0.3) is 0 Å². The van der Waals surface area contributed by atoms with E-state index < -0.39 is 0 Å². The lowest BCUT2D eigenvalue weighted by Crippen LogP contribution is -1.86. The minimum Gasteiger partial charge on any atom is -0.504 e. The van der Waals surface area contributed by atoms with E-state index in [1.807, 2.05) is 18.2 Å². The number of hydrogen-bond acceptors (Lipinski definition) is 5. The molecule has 2 aromatic heterocycles. The SMILES string of the molecule is COc1cccc(-c2cc(-c3ccccn3)on2)c1O. The van der Waals surface area contributed by atoms with Crippen LogP contribution in [0.5, 0.6) is 11.5 Å². The molecule has 0 amide bonds. The van der Waals surface area contributed by atoms with Crippen molar-refractivity contribution in [1.29, 1.82) is 0 Å². The molecule has 0 aliphatic rings. The third-order valence-electron chi connectivity index (χ3n) is 2.92. The number of benzene rings is 1. The Bertz CT molecular complexity index is 723. The van der Waals surface area contributed by atoms with Crippen LogP contribution in [-0.2, 0) is 0 Å². The summed E-state index contributed by atoms with van der Waals surface area (Å²) in [7, 11) is 1.50. The molecule has 2 heterocycles. The zero-order chi connectivity index (χ0) is 13.9. The Morgan fingerprint density at radius 1 is 1.10 bits per heavy atom. The van der Waals surface area contributed by atoms with E-state index in [9.17, 15) is 5.11 Å². The van der Waals surface area contributed by atoms with Crippen LogP contribution in [0.3, 0.4) is 0 Å². The average Bonchev–Trinajstić information content (AvgIpc) is 2.98. The summed E-state index contributed by atoms with van der Waals surface area (Å²) in [6, 6.07) is 12.5. The number of phenols is 1. The molecule has 0 bridgehead atoms. The lowest BCUT2D eigenvalue weighted by Gasteiger charge is -2.05. The Balaban J connectivity index is 2.03. The van der Waals surface area contributed by atoms with Crippen LogP contribution in [0.2, 0.25) is 0 Å². The van der Waals surface area contributed by atoms with Gasteiger partial charge in [-0.3, -0.25) is 4.98 Å². The van der Waals surface area contributed by atoms with Gasteiger partial charge in [-0.05, 0) is 24.3 Å². The van der Waals surface area contributed by atoms with Crippen molar-refractivity contribution < 1.29 is 14.4 Å². The van der Waals surface area contributed by atoms with Gasteiger partial charge >= 0.3 is 0 Å². The highest BCUT2D eigenvalue weighted by atomic mass is 16.5. The molecule has 1 N–H and O–H groups in total. The molecular formula is C15H12N2O3. The molecule has 5 nitrogen and oxygen atoms in total. The molecule has 3 rings (SSSR count). The van der Waals surface area contributed by atoms with Crippen LogP contribution < -0.4 is 4.74 Å². The molecular weight excluding hydrogens is 256 g/mol. The predicted octanol–water partition coefficient (Wildman–Crippen LogP) is 3.12. The Labute approximate surface area is 115 Å². The standard InChI is InChI=1S/C15H12N2O3/c1-19-13-7-4-5-10(15(13)18)12-9-14(20-17-12)11-6-2-3-8-16-11/h2-9,18H,1H3. The topological polar surface area (TPSA) is 68.4 Å². The summed E-state index contributed by atoms with van der Waals surface area (Å²) in [6.45, 7) is 0. The summed E-state index contributed by atoms with van der Waals surface area (Å²) in [4.78, 5) is 4.19. The van der Waals surface area contributed by atoms with Crippen molar-refractivity contribution in [3.05, 3.63) is 48.7 Å². The highest BCUT2D eigenvalue weighted by Crippen LogP contribution is 2.37. The smallest absolute Gasteiger partial charge is 0.185 e. The van der Waals surface area contributed by atoms with Crippen molar-refractivity contribution in [3.8, 4) is 34.2 Å². The Morgan fingerprint density at radius 3 is 2.75 bits per heavy atom. The fourth-order valence-electron chi connectivity index (χ4n) is 1.93. The van der Waals surface area contributed by atoms with E-state index in [0.29, 0.717) is 28.5 Å². The van der Waals surface area contributed by atoms with Gasteiger partial charge in [0.1, 0.15) is 11.4 Å². The number of rotatable bonds is 3. The molecule has 3 aromatic rings. The fourth-order valence-corrected chi connectivity index (χ4v) is 1.93. The molecule has 100 valence electrons. The minimum atomic E-state index is 0.0378. The van der Waals surface area contributed by atoms with Crippen LogP contribution in [0.1, 0.15) is 0 Å². The lowest BCUT2D eigenvalue weighted by atomic mass is 10.1. The van der Waals surface area contributed by atoms with Gasteiger partial charge in [0.2, 0.25) is 0 Å². The van der Waals surface area contributed by atoms with E-state index in [1.165, 1.54) is 7.11 Å². The summed E-state index contributed by atoms with van der Waals surface area (Å²) in [5.41, 5.74) is 1.77. The van der Waals surface area contributed by atoms with Gasteiger partial charge in [-0.2, -0.15) is 0 Å². The summed E-state index contributed by atoms with van der Waals surface area (Å²) >= 11 is 0. The van der Waals surface area contributed by atoms with Crippen LogP contribution in [0.15, 0.2) is 53.2 Å². The first-order valence-corrected chi connectivity index (χ1v) is 6.04. The van der Waals surface area contributed by atoms with E-state index in [4.69, 9.17) is 9.26 Å². The lowest BCUT2D eigenvalue weighted by molar-refractivity contribution is 0.374. The molecule has 0 saturated heterocycles. The molecule has 1 aromatic carbocycles. The van der Waals surface area contributed by atoms with Crippen molar-refractivity contribution in [2.45, 2.75) is 0 Å². The maximum Gasteiger partial charge on any atom is 0.185 e. The van der Waals surface area contributed by atoms with Crippen molar-refractivity contribution in [2.24, 2.45) is 0 Å². The van der Waals surface area contributed by atoms with E-state index in [1.54, 1.807) is 30.5 Å². The van der Waals surface area contributed by atoms with Crippen LogP contribution in [-0.4, -0.2) is 22.4 Å². The summed E-state index contributed by atoms with van der Waals surface area (Å²) in [6.07, 6.45) is 1.68. The van der Waals surface area contributed by atoms with Gasteiger partial charge in [0.15, 0.2) is 17.3 Å². The van der Waals surface area contributed by atoms with E-state index >= 15 is 0 Å². The number of phenolic OH excluding ortho intramolecular Hbond substituents is 1. The summed E-state index contributed by atoms with van der Waals surface area (Å²) in [5.74, 6) is 0.976. The number of hydrogen-bond donors (Lipinski definition) is 1. The van der Waals surface area contributed by atoms with Gasteiger partial charge in [-0.1, -0.05) is 17.3 Å². The number of ether oxygens (including phenoxy) is 1. The van der Waals surface area contributed by atoms with Crippen molar-refractivity contribution in [3.63, 3.8) is 0 Å². The summed E-state index contributed by atoms with van der Waals surface area (Å²) in [5, 5.41) is 14.1. The van der Waals surface area contributed by atoms with E-state index in [0.717, 1.165) is 0 Å². The van der Waals surface area contributed by atoms with Gasteiger partial charge in [-0.15, -0.1) is 0 Å². The maximum absolute atomic E-state index is 10.1. The molecule has 0 atom stereocenters. The monoisotopic (exact) mass is 268 g/mol. The number of nitrogens with zero attached hydrogens (tertiary/aromatic N) is 2. The van der Waals surface area contributed by atoms with Crippen LogP contribution in [0, 0.1) is 0 Å². The zero-order valence-corrected chi connectivity index (χ0v) is 10.8. The first-order valence-electron chi connectivity index (χ1n) is 6.04. The van der Waals surface area contributed by atoms with Gasteiger partial charge in [0.05, 0.1) is 7.11 Å². The molecule has 0 saturated carbocycles. The highest BCUT2D eigenvalue weighted by molar-refractivity contribution is 5.72. The van der Waals surface area contributed by atoms with Gasteiger partial charge in [0, 0.05) is 17.8 Å². The normalized spacial score (nSPS) is 10.4. The van der Waals surface area contributed by atoms with E-state index in [-0.39, 0.29) is 5.75 Å². The van der Waals surface area contributed by atoms with Crippen LogP contribution in [0.25, 0.3) is 22.7 Å². The zero-order valence-electron chi connectivity index (χ0n) is 10.8. The number of aromatic hydroxyl groups is 1. The highest BCUT2D eigenvalue weighted by Gasteiger charge is 2.14. The average molecular weight is 268 g/mol.